The van der Waals surface area contributed by atoms with Crippen LogP contribution in [-0.2, 0) is 6.42 Å². The fourth-order valence-electron chi connectivity index (χ4n) is 3.98. The van der Waals surface area contributed by atoms with Crippen LogP contribution in [0.1, 0.15) is 42.7 Å². The summed E-state index contributed by atoms with van der Waals surface area (Å²) >= 11 is 0. The standard InChI is InChI=1S/C19H28N2O2/c1-20-9-7-17(8-10-20)18-4-2-3-16(14-18)13-15-5-11-21(12-6-15)19(22)23/h2-4,14-15,17H,5-13H2,1H3,(H,22,23). The van der Waals surface area contributed by atoms with E-state index in [4.69, 9.17) is 5.11 Å². The number of nitrogens with zero attached hydrogens (tertiary/aromatic N) is 2. The minimum atomic E-state index is -0.771. The number of rotatable bonds is 3. The first kappa shape index (κ1) is 16.3. The highest BCUT2D eigenvalue weighted by Gasteiger charge is 2.23. The summed E-state index contributed by atoms with van der Waals surface area (Å²) in [6, 6.07) is 9.13. The first-order valence-electron chi connectivity index (χ1n) is 8.87. The van der Waals surface area contributed by atoms with Crippen molar-refractivity contribution in [2.75, 3.05) is 33.2 Å². The molecule has 23 heavy (non-hydrogen) atoms. The lowest BCUT2D eigenvalue weighted by Gasteiger charge is -2.31. The lowest BCUT2D eigenvalue weighted by atomic mass is 9.86. The van der Waals surface area contributed by atoms with Gasteiger partial charge < -0.3 is 14.9 Å². The van der Waals surface area contributed by atoms with Crippen molar-refractivity contribution >= 4 is 6.09 Å². The Labute approximate surface area is 139 Å². The zero-order chi connectivity index (χ0) is 16.2. The molecule has 2 aliphatic rings. The molecule has 0 unspecified atom stereocenters. The van der Waals surface area contributed by atoms with E-state index in [-0.39, 0.29) is 0 Å². The van der Waals surface area contributed by atoms with Crippen molar-refractivity contribution in [3.8, 4) is 0 Å². The fraction of sp³-hybridized carbons (Fsp3) is 0.632. The lowest BCUT2D eigenvalue weighted by molar-refractivity contribution is 0.124. The zero-order valence-electron chi connectivity index (χ0n) is 14.1. The summed E-state index contributed by atoms with van der Waals surface area (Å²) in [4.78, 5) is 14.9. The molecule has 1 aromatic carbocycles. The Morgan fingerprint density at radius 1 is 1.13 bits per heavy atom. The molecule has 2 heterocycles. The Morgan fingerprint density at radius 3 is 2.48 bits per heavy atom. The SMILES string of the molecule is CN1CCC(c2cccc(CC3CCN(C(=O)O)CC3)c2)CC1. The van der Waals surface area contributed by atoms with E-state index in [2.05, 4.69) is 36.2 Å². The van der Waals surface area contributed by atoms with Crippen LogP contribution in [-0.4, -0.2) is 54.2 Å². The van der Waals surface area contributed by atoms with E-state index in [0.717, 1.165) is 19.3 Å². The van der Waals surface area contributed by atoms with Crippen molar-refractivity contribution in [3.63, 3.8) is 0 Å². The van der Waals surface area contributed by atoms with E-state index in [1.54, 1.807) is 4.90 Å². The number of carboxylic acid groups (broad SMARTS) is 1. The van der Waals surface area contributed by atoms with Crippen LogP contribution in [0.15, 0.2) is 24.3 Å². The molecule has 126 valence electrons. The van der Waals surface area contributed by atoms with Gasteiger partial charge in [0.1, 0.15) is 0 Å². The van der Waals surface area contributed by atoms with Gasteiger partial charge in [-0.25, -0.2) is 4.79 Å². The second kappa shape index (κ2) is 7.35. The Kier molecular flexibility index (Phi) is 5.21. The molecule has 4 heteroatoms. The van der Waals surface area contributed by atoms with Crippen molar-refractivity contribution < 1.29 is 9.90 Å². The Morgan fingerprint density at radius 2 is 1.83 bits per heavy atom. The molecule has 0 aliphatic carbocycles. The van der Waals surface area contributed by atoms with Gasteiger partial charge in [-0.2, -0.15) is 0 Å². The number of hydrogen-bond acceptors (Lipinski definition) is 2. The van der Waals surface area contributed by atoms with Crippen LogP contribution in [0, 0.1) is 5.92 Å². The molecule has 0 saturated carbocycles. The van der Waals surface area contributed by atoms with Gasteiger partial charge in [-0.3, -0.25) is 0 Å². The molecule has 0 atom stereocenters. The van der Waals surface area contributed by atoms with Crippen molar-refractivity contribution in [2.45, 2.75) is 38.0 Å². The van der Waals surface area contributed by atoms with Crippen molar-refractivity contribution in [2.24, 2.45) is 5.92 Å². The van der Waals surface area contributed by atoms with Gasteiger partial charge in [0, 0.05) is 13.1 Å². The summed E-state index contributed by atoms with van der Waals surface area (Å²) < 4.78 is 0. The molecule has 3 rings (SSSR count). The minimum absolute atomic E-state index is 0.623. The maximum Gasteiger partial charge on any atom is 0.407 e. The average molecular weight is 316 g/mol. The van der Waals surface area contributed by atoms with Crippen molar-refractivity contribution in [1.29, 1.82) is 0 Å². The van der Waals surface area contributed by atoms with E-state index in [1.807, 2.05) is 0 Å². The smallest absolute Gasteiger partial charge is 0.407 e. The van der Waals surface area contributed by atoms with Crippen molar-refractivity contribution in [3.05, 3.63) is 35.4 Å². The third-order valence-corrected chi connectivity index (χ3v) is 5.55. The number of piperidine rings is 2. The minimum Gasteiger partial charge on any atom is -0.465 e. The van der Waals surface area contributed by atoms with Gasteiger partial charge in [-0.1, -0.05) is 24.3 Å². The maximum absolute atomic E-state index is 11.0. The monoisotopic (exact) mass is 316 g/mol. The first-order valence-corrected chi connectivity index (χ1v) is 8.87. The predicted octanol–water partition coefficient (Wildman–Crippen LogP) is 3.43. The van der Waals surface area contributed by atoms with Crippen LogP contribution in [0.5, 0.6) is 0 Å². The Bertz CT molecular complexity index is 530. The van der Waals surface area contributed by atoms with Gasteiger partial charge in [0.05, 0.1) is 0 Å². The summed E-state index contributed by atoms with van der Waals surface area (Å²) in [6.45, 7) is 3.77. The third kappa shape index (κ3) is 4.25. The third-order valence-electron chi connectivity index (χ3n) is 5.55. The lowest BCUT2D eigenvalue weighted by Crippen LogP contribution is -2.37. The van der Waals surface area contributed by atoms with Gasteiger partial charge in [0.2, 0.25) is 0 Å². The molecule has 1 N–H and O–H groups in total. The number of benzene rings is 1. The summed E-state index contributed by atoms with van der Waals surface area (Å²) in [5.74, 6) is 1.33. The van der Waals surface area contributed by atoms with Crippen LogP contribution in [0.2, 0.25) is 0 Å². The summed E-state index contributed by atoms with van der Waals surface area (Å²) in [5.41, 5.74) is 2.92. The number of likely N-dealkylation sites (tertiary alicyclic amines) is 2. The van der Waals surface area contributed by atoms with Crippen LogP contribution < -0.4 is 0 Å². The summed E-state index contributed by atoms with van der Waals surface area (Å²) in [6.07, 6.45) is 4.82. The van der Waals surface area contributed by atoms with Crippen molar-refractivity contribution in [1.82, 2.24) is 9.80 Å². The molecule has 0 spiro atoms. The topological polar surface area (TPSA) is 43.8 Å². The molecule has 2 aliphatic heterocycles. The highest BCUT2D eigenvalue weighted by atomic mass is 16.4. The van der Waals surface area contributed by atoms with Crippen LogP contribution in [0.3, 0.4) is 0 Å². The Hall–Kier alpha value is -1.55. The fourth-order valence-corrected chi connectivity index (χ4v) is 3.98. The van der Waals surface area contributed by atoms with E-state index in [0.29, 0.717) is 24.9 Å². The highest BCUT2D eigenvalue weighted by molar-refractivity contribution is 5.64. The molecular weight excluding hydrogens is 288 g/mol. The number of hydrogen-bond donors (Lipinski definition) is 1. The molecule has 2 fully saturated rings. The van der Waals surface area contributed by atoms with Crippen LogP contribution in [0.4, 0.5) is 4.79 Å². The van der Waals surface area contributed by atoms with Crippen LogP contribution in [0.25, 0.3) is 0 Å². The largest absolute Gasteiger partial charge is 0.465 e. The normalized spacial score (nSPS) is 21.5. The number of carbonyl (C=O) groups is 1. The second-order valence-electron chi connectivity index (χ2n) is 7.24. The molecule has 1 amide bonds. The molecule has 0 bridgehead atoms. The van der Waals surface area contributed by atoms with Gasteiger partial charge in [0.25, 0.3) is 0 Å². The molecule has 1 aromatic rings. The van der Waals surface area contributed by atoms with E-state index < -0.39 is 6.09 Å². The van der Waals surface area contributed by atoms with E-state index >= 15 is 0 Å². The molecule has 2 saturated heterocycles. The van der Waals surface area contributed by atoms with E-state index in [9.17, 15) is 4.79 Å². The molecule has 4 nitrogen and oxygen atoms in total. The van der Waals surface area contributed by atoms with Gasteiger partial charge in [-0.05, 0) is 75.2 Å². The summed E-state index contributed by atoms with van der Waals surface area (Å²) in [7, 11) is 2.20. The van der Waals surface area contributed by atoms with Gasteiger partial charge in [-0.15, -0.1) is 0 Å². The molecular formula is C19H28N2O2. The average Bonchev–Trinajstić information content (AvgIpc) is 2.56. The summed E-state index contributed by atoms with van der Waals surface area (Å²) in [5, 5.41) is 9.04. The van der Waals surface area contributed by atoms with Gasteiger partial charge >= 0.3 is 6.09 Å². The Balaban J connectivity index is 1.57. The van der Waals surface area contributed by atoms with Gasteiger partial charge in [0.15, 0.2) is 0 Å². The zero-order valence-corrected chi connectivity index (χ0v) is 14.1. The molecule has 0 radical (unpaired) electrons. The quantitative estimate of drug-likeness (QED) is 0.929. The number of amides is 1. The predicted molar refractivity (Wildman–Crippen MR) is 91.9 cm³/mol. The maximum atomic E-state index is 11.0. The molecule has 0 aromatic heterocycles. The van der Waals surface area contributed by atoms with E-state index in [1.165, 1.54) is 37.1 Å². The first-order chi connectivity index (χ1) is 11.1. The second-order valence-corrected chi connectivity index (χ2v) is 7.24. The van der Waals surface area contributed by atoms with Crippen LogP contribution >= 0.6 is 0 Å². The highest BCUT2D eigenvalue weighted by Crippen LogP contribution is 2.29.